The van der Waals surface area contributed by atoms with Crippen molar-refractivity contribution in [3.8, 4) is 0 Å². The van der Waals surface area contributed by atoms with Crippen molar-refractivity contribution in [1.29, 1.82) is 0 Å². The number of morpholine rings is 1. The van der Waals surface area contributed by atoms with Crippen LogP contribution < -0.4 is 4.90 Å². The summed E-state index contributed by atoms with van der Waals surface area (Å²) >= 11 is 5.86. The van der Waals surface area contributed by atoms with E-state index in [1.807, 2.05) is 0 Å². The number of carbonyl (C=O) groups is 1. The van der Waals surface area contributed by atoms with Gasteiger partial charge in [-0.1, -0.05) is 11.6 Å². The lowest BCUT2D eigenvalue weighted by molar-refractivity contribution is 0.0303. The van der Waals surface area contributed by atoms with Crippen LogP contribution in [0.2, 0.25) is 5.02 Å². The summed E-state index contributed by atoms with van der Waals surface area (Å²) in [6.07, 6.45) is 2.61. The maximum absolute atomic E-state index is 11.3. The lowest BCUT2D eigenvalue weighted by atomic mass is 10.1. The molecule has 4 nitrogen and oxygen atoms in total. The zero-order valence-electron chi connectivity index (χ0n) is 9.80. The Morgan fingerprint density at radius 1 is 1.33 bits per heavy atom. The van der Waals surface area contributed by atoms with E-state index in [-0.39, 0.29) is 17.8 Å². The number of benzene rings is 1. The standard InChI is InChI=1S/C13H14ClNO3/c14-8-1-4-12(11(5-8)13(16)17)15-6-9-2-3-10(7-15)18-9/h1,4-5,9-10H,2-3,6-7H2,(H,16,17). The number of hydrogen-bond donors (Lipinski definition) is 1. The quantitative estimate of drug-likeness (QED) is 0.894. The van der Waals surface area contributed by atoms with Crippen molar-refractivity contribution in [3.05, 3.63) is 28.8 Å². The lowest BCUT2D eigenvalue weighted by Crippen LogP contribution is -2.43. The van der Waals surface area contributed by atoms with Gasteiger partial charge in [-0.25, -0.2) is 4.79 Å². The van der Waals surface area contributed by atoms with Crippen LogP contribution >= 0.6 is 11.6 Å². The van der Waals surface area contributed by atoms with Crippen molar-refractivity contribution in [3.63, 3.8) is 0 Å². The maximum Gasteiger partial charge on any atom is 0.337 e. The molecule has 0 saturated carbocycles. The highest BCUT2D eigenvalue weighted by molar-refractivity contribution is 6.31. The van der Waals surface area contributed by atoms with Crippen molar-refractivity contribution in [2.45, 2.75) is 25.0 Å². The number of carboxylic acid groups (broad SMARTS) is 1. The fourth-order valence-electron chi connectivity index (χ4n) is 2.77. The third-order valence-electron chi connectivity index (χ3n) is 3.57. The molecule has 1 aromatic rings. The molecule has 2 unspecified atom stereocenters. The number of nitrogens with zero attached hydrogens (tertiary/aromatic N) is 1. The molecule has 96 valence electrons. The van der Waals surface area contributed by atoms with Gasteiger partial charge in [0, 0.05) is 18.1 Å². The molecule has 2 aliphatic rings. The van der Waals surface area contributed by atoms with Gasteiger partial charge in [0.1, 0.15) is 0 Å². The van der Waals surface area contributed by atoms with E-state index in [2.05, 4.69) is 4.90 Å². The number of fused-ring (bicyclic) bond motifs is 2. The van der Waals surface area contributed by atoms with Crippen LogP contribution in [0.4, 0.5) is 5.69 Å². The highest BCUT2D eigenvalue weighted by atomic mass is 35.5. The second kappa shape index (κ2) is 4.44. The van der Waals surface area contributed by atoms with Crippen LogP contribution in [-0.2, 0) is 4.74 Å². The van der Waals surface area contributed by atoms with E-state index >= 15 is 0 Å². The molecule has 2 saturated heterocycles. The minimum absolute atomic E-state index is 0.237. The summed E-state index contributed by atoms with van der Waals surface area (Å²) in [5.41, 5.74) is 1.01. The summed E-state index contributed by atoms with van der Waals surface area (Å²) in [5, 5.41) is 9.70. The molecule has 0 amide bonds. The number of halogens is 1. The van der Waals surface area contributed by atoms with Gasteiger partial charge in [0.15, 0.2) is 0 Å². The second-order valence-electron chi connectivity index (χ2n) is 4.83. The SMILES string of the molecule is O=C(O)c1cc(Cl)ccc1N1CC2CCC(C1)O2. The van der Waals surface area contributed by atoms with Crippen LogP contribution in [0.25, 0.3) is 0 Å². The summed E-state index contributed by atoms with van der Waals surface area (Å²) in [6.45, 7) is 1.52. The molecule has 5 heteroatoms. The Labute approximate surface area is 110 Å². The molecule has 0 radical (unpaired) electrons. The van der Waals surface area contributed by atoms with Gasteiger partial charge in [-0.3, -0.25) is 0 Å². The molecule has 2 heterocycles. The fourth-order valence-corrected chi connectivity index (χ4v) is 2.94. The van der Waals surface area contributed by atoms with Gasteiger partial charge in [-0.15, -0.1) is 0 Å². The Morgan fingerprint density at radius 2 is 2.00 bits per heavy atom. The molecule has 2 atom stereocenters. The number of ether oxygens (including phenoxy) is 1. The average molecular weight is 268 g/mol. The monoisotopic (exact) mass is 267 g/mol. The molecule has 1 aromatic carbocycles. The zero-order valence-corrected chi connectivity index (χ0v) is 10.6. The van der Waals surface area contributed by atoms with Crippen molar-refractivity contribution < 1.29 is 14.6 Å². The second-order valence-corrected chi connectivity index (χ2v) is 5.27. The molecule has 2 bridgehead atoms. The molecule has 18 heavy (non-hydrogen) atoms. The van der Waals surface area contributed by atoms with E-state index in [9.17, 15) is 9.90 Å². The van der Waals surface area contributed by atoms with E-state index in [4.69, 9.17) is 16.3 Å². The Hall–Kier alpha value is -1.26. The zero-order chi connectivity index (χ0) is 12.7. The smallest absolute Gasteiger partial charge is 0.337 e. The maximum atomic E-state index is 11.3. The first kappa shape index (κ1) is 11.8. The van der Waals surface area contributed by atoms with Crippen molar-refractivity contribution in [2.24, 2.45) is 0 Å². The van der Waals surface area contributed by atoms with Gasteiger partial charge in [0.2, 0.25) is 0 Å². The molecule has 1 N–H and O–H groups in total. The molecule has 0 aliphatic carbocycles. The van der Waals surface area contributed by atoms with Crippen molar-refractivity contribution in [1.82, 2.24) is 0 Å². The van der Waals surface area contributed by atoms with Gasteiger partial charge in [-0.05, 0) is 31.0 Å². The Kier molecular flexibility index (Phi) is 2.92. The number of aromatic carboxylic acids is 1. The highest BCUT2D eigenvalue weighted by Crippen LogP contribution is 2.32. The predicted octanol–water partition coefficient (Wildman–Crippen LogP) is 2.41. The van der Waals surface area contributed by atoms with E-state index in [0.717, 1.165) is 31.6 Å². The van der Waals surface area contributed by atoms with Gasteiger partial charge in [-0.2, -0.15) is 0 Å². The van der Waals surface area contributed by atoms with Crippen LogP contribution in [0.15, 0.2) is 18.2 Å². The first-order valence-electron chi connectivity index (χ1n) is 6.07. The summed E-state index contributed by atoms with van der Waals surface area (Å²) in [6, 6.07) is 5.04. The number of anilines is 1. The van der Waals surface area contributed by atoms with Gasteiger partial charge < -0.3 is 14.7 Å². The fraction of sp³-hybridized carbons (Fsp3) is 0.462. The van der Waals surface area contributed by atoms with E-state index < -0.39 is 5.97 Å². The third-order valence-corrected chi connectivity index (χ3v) is 3.81. The molecule has 2 fully saturated rings. The molecule has 2 aliphatic heterocycles. The van der Waals surface area contributed by atoms with Crippen LogP contribution in [-0.4, -0.2) is 36.4 Å². The molecule has 0 aromatic heterocycles. The first-order chi connectivity index (χ1) is 8.63. The van der Waals surface area contributed by atoms with Gasteiger partial charge in [0.25, 0.3) is 0 Å². The molecule has 0 spiro atoms. The van der Waals surface area contributed by atoms with Crippen LogP contribution in [0.1, 0.15) is 23.2 Å². The number of hydrogen-bond acceptors (Lipinski definition) is 3. The minimum atomic E-state index is -0.939. The van der Waals surface area contributed by atoms with E-state index in [0.29, 0.717) is 5.02 Å². The van der Waals surface area contributed by atoms with E-state index in [1.54, 1.807) is 12.1 Å². The van der Waals surface area contributed by atoms with Crippen molar-refractivity contribution in [2.75, 3.05) is 18.0 Å². The Morgan fingerprint density at radius 3 is 2.61 bits per heavy atom. The normalized spacial score (nSPS) is 26.4. The summed E-state index contributed by atoms with van der Waals surface area (Å²) in [4.78, 5) is 13.4. The molecular weight excluding hydrogens is 254 g/mol. The highest BCUT2D eigenvalue weighted by Gasteiger charge is 2.34. The Bertz CT molecular complexity index is 479. The Balaban J connectivity index is 1.94. The predicted molar refractivity (Wildman–Crippen MR) is 68.5 cm³/mol. The van der Waals surface area contributed by atoms with E-state index in [1.165, 1.54) is 6.07 Å². The minimum Gasteiger partial charge on any atom is -0.478 e. The molecule has 3 rings (SSSR count). The van der Waals surface area contributed by atoms with Crippen LogP contribution in [0.5, 0.6) is 0 Å². The summed E-state index contributed by atoms with van der Waals surface area (Å²) < 4.78 is 5.76. The first-order valence-corrected chi connectivity index (χ1v) is 6.44. The lowest BCUT2D eigenvalue weighted by Gasteiger charge is -2.34. The van der Waals surface area contributed by atoms with Crippen LogP contribution in [0.3, 0.4) is 0 Å². The number of rotatable bonds is 2. The third kappa shape index (κ3) is 2.06. The largest absolute Gasteiger partial charge is 0.478 e. The van der Waals surface area contributed by atoms with Crippen molar-refractivity contribution >= 4 is 23.3 Å². The van der Waals surface area contributed by atoms with Gasteiger partial charge in [0.05, 0.1) is 23.5 Å². The average Bonchev–Trinajstić information content (AvgIpc) is 2.68. The number of carboxylic acids is 1. The van der Waals surface area contributed by atoms with Gasteiger partial charge >= 0.3 is 5.97 Å². The summed E-state index contributed by atoms with van der Waals surface area (Å²) in [5.74, 6) is -0.939. The summed E-state index contributed by atoms with van der Waals surface area (Å²) in [7, 11) is 0. The topological polar surface area (TPSA) is 49.8 Å². The molecular formula is C13H14ClNO3. The van der Waals surface area contributed by atoms with Crippen LogP contribution in [0, 0.1) is 0 Å².